The monoisotopic (exact) mass is 1060 g/mol. The first-order valence-electron chi connectivity index (χ1n) is 26.8. The van der Waals surface area contributed by atoms with Crippen LogP contribution in [0.15, 0.2) is 54.6 Å². The molecule has 2 aromatic carbocycles. The first kappa shape index (κ1) is 62.2. The summed E-state index contributed by atoms with van der Waals surface area (Å²) < 4.78 is 5.99. The van der Waals surface area contributed by atoms with E-state index in [-0.39, 0.29) is 44.7 Å². The average Bonchev–Trinajstić information content (AvgIpc) is 3.88. The maximum absolute atomic E-state index is 15.0. The fraction of sp³-hybridized carbons (Fsp3) is 0.632. The molecule has 2 aliphatic heterocycles. The molecule has 0 radical (unpaired) electrons. The van der Waals surface area contributed by atoms with Gasteiger partial charge in [0, 0.05) is 60.0 Å². The van der Waals surface area contributed by atoms with Crippen molar-refractivity contribution in [3.8, 4) is 0 Å². The molecule has 0 saturated carbocycles. The Hall–Kier alpha value is -6.37. The second-order valence-corrected chi connectivity index (χ2v) is 22.2. The lowest BCUT2D eigenvalue weighted by Crippen LogP contribution is -2.62. The molecule has 11 atom stereocenters. The molecule has 8 amide bonds. The van der Waals surface area contributed by atoms with Crippen LogP contribution in [-0.4, -0.2) is 178 Å². The molecule has 2 heterocycles. The van der Waals surface area contributed by atoms with Crippen LogP contribution in [0.3, 0.4) is 0 Å². The van der Waals surface area contributed by atoms with Crippen LogP contribution in [0, 0.1) is 30.6 Å². The van der Waals surface area contributed by atoms with E-state index in [0.717, 1.165) is 20.9 Å². The third-order valence-electron chi connectivity index (χ3n) is 15.4. The summed E-state index contributed by atoms with van der Waals surface area (Å²) in [5.41, 5.74) is 0.455. The van der Waals surface area contributed by atoms with Gasteiger partial charge in [-0.05, 0) is 76.8 Å². The SMILES string of the molecule is CCC(C)C1NC(=O)C2CCN(C2)C(=O)C(Cc2cccc(C)c2)N(C)C(=O)C(Cc2ccccc2)NC(=O)C(C)N(C)C(=O)C(C(C)CC)OC(=O)C(C(C)(C)O)N(C)C(=O)C(CC(C)C)NC(=O)C(C)N(C)C1=O. The highest BCUT2D eigenvalue weighted by Crippen LogP contribution is 2.26. The largest absolute Gasteiger partial charge is 0.450 e. The van der Waals surface area contributed by atoms with Crippen LogP contribution in [0.5, 0.6) is 0 Å². The first-order valence-corrected chi connectivity index (χ1v) is 26.8. The third-order valence-corrected chi connectivity index (χ3v) is 15.4. The van der Waals surface area contributed by atoms with Crippen molar-refractivity contribution in [1.82, 2.24) is 40.4 Å². The highest BCUT2D eigenvalue weighted by molar-refractivity contribution is 5.97. The number of esters is 1. The summed E-state index contributed by atoms with van der Waals surface area (Å²) in [5.74, 6) is -8.00. The Morgan fingerprint density at radius 2 is 1.20 bits per heavy atom. The predicted molar refractivity (Wildman–Crippen MR) is 288 cm³/mol. The number of aliphatic hydroxyl groups is 1. The van der Waals surface area contributed by atoms with Crippen LogP contribution < -0.4 is 16.0 Å². The zero-order chi connectivity index (χ0) is 57.1. The fourth-order valence-electron chi connectivity index (χ4n) is 9.78. The smallest absolute Gasteiger partial charge is 0.332 e. The lowest BCUT2D eigenvalue weighted by molar-refractivity contribution is -0.177. The maximum atomic E-state index is 15.0. The van der Waals surface area contributed by atoms with Crippen molar-refractivity contribution < 1.29 is 53.0 Å². The maximum Gasteiger partial charge on any atom is 0.332 e. The number of ether oxygens (including phenoxy) is 1. The number of likely N-dealkylation sites (N-methyl/N-ethyl adjacent to an activating group) is 4. The van der Waals surface area contributed by atoms with Gasteiger partial charge >= 0.3 is 5.97 Å². The van der Waals surface area contributed by atoms with Crippen molar-refractivity contribution in [2.75, 3.05) is 41.3 Å². The Bertz CT molecular complexity index is 2390. The summed E-state index contributed by atoms with van der Waals surface area (Å²) in [5, 5.41) is 20.1. The average molecular weight is 1060 g/mol. The molecule has 2 aliphatic rings. The minimum absolute atomic E-state index is 0.00384. The molecular weight excluding hydrogens is 973 g/mol. The molecule has 19 nitrogen and oxygen atoms in total. The van der Waals surface area contributed by atoms with Gasteiger partial charge in [-0.25, -0.2) is 4.79 Å². The number of carbonyl (C=O) groups excluding carboxylic acids is 9. The summed E-state index contributed by atoms with van der Waals surface area (Å²) in [7, 11) is 5.60. The van der Waals surface area contributed by atoms with Crippen molar-refractivity contribution >= 4 is 53.2 Å². The lowest BCUT2D eigenvalue weighted by Gasteiger charge is -2.39. The van der Waals surface area contributed by atoms with Crippen molar-refractivity contribution in [3.63, 3.8) is 0 Å². The molecule has 0 aliphatic carbocycles. The van der Waals surface area contributed by atoms with Crippen LogP contribution >= 0.6 is 0 Å². The molecule has 2 aromatic rings. The van der Waals surface area contributed by atoms with E-state index in [1.807, 2.05) is 65.0 Å². The summed E-state index contributed by atoms with van der Waals surface area (Å²) in [6.07, 6.45) is -0.208. The molecule has 420 valence electrons. The van der Waals surface area contributed by atoms with Gasteiger partial charge in [-0.15, -0.1) is 0 Å². The van der Waals surface area contributed by atoms with E-state index in [0.29, 0.717) is 18.4 Å². The highest BCUT2D eigenvalue weighted by atomic mass is 16.6. The Labute approximate surface area is 450 Å². The van der Waals surface area contributed by atoms with Crippen LogP contribution in [0.2, 0.25) is 0 Å². The molecule has 2 fully saturated rings. The van der Waals surface area contributed by atoms with E-state index in [1.54, 1.807) is 43.0 Å². The van der Waals surface area contributed by atoms with Crippen molar-refractivity contribution in [2.45, 2.75) is 169 Å². The van der Waals surface area contributed by atoms with Gasteiger partial charge in [-0.2, -0.15) is 0 Å². The molecule has 0 spiro atoms. The Morgan fingerprint density at radius 3 is 1.75 bits per heavy atom. The summed E-state index contributed by atoms with van der Waals surface area (Å²) in [4.78, 5) is 137. The van der Waals surface area contributed by atoms with Gasteiger partial charge in [0.05, 0.1) is 11.5 Å². The zero-order valence-corrected chi connectivity index (χ0v) is 47.5. The zero-order valence-electron chi connectivity index (χ0n) is 47.5. The fourth-order valence-corrected chi connectivity index (χ4v) is 9.78. The molecule has 4 N–H and O–H groups in total. The minimum Gasteiger partial charge on any atom is -0.450 e. The van der Waals surface area contributed by atoms with Gasteiger partial charge < -0.3 is 50.3 Å². The van der Waals surface area contributed by atoms with E-state index >= 15 is 4.79 Å². The highest BCUT2D eigenvalue weighted by Gasteiger charge is 2.46. The van der Waals surface area contributed by atoms with Crippen LogP contribution in [-0.2, 0) is 60.7 Å². The second-order valence-electron chi connectivity index (χ2n) is 22.2. The van der Waals surface area contributed by atoms with Crippen molar-refractivity contribution in [1.29, 1.82) is 0 Å². The molecule has 19 heteroatoms. The van der Waals surface area contributed by atoms with Gasteiger partial charge in [-0.3, -0.25) is 38.4 Å². The normalized spacial score (nSPS) is 26.9. The quantitative estimate of drug-likeness (QED) is 0.239. The Morgan fingerprint density at radius 1 is 0.645 bits per heavy atom. The minimum atomic E-state index is -1.96. The van der Waals surface area contributed by atoms with Gasteiger partial charge in [0.25, 0.3) is 5.91 Å². The second kappa shape index (κ2) is 27.1. The number of hydrogen-bond acceptors (Lipinski definition) is 11. The number of carbonyl (C=O) groups is 9. The topological polar surface area (TPSA) is 235 Å². The van der Waals surface area contributed by atoms with Crippen molar-refractivity contribution in [3.05, 3.63) is 71.3 Å². The molecule has 2 saturated heterocycles. The number of benzene rings is 2. The summed E-state index contributed by atoms with van der Waals surface area (Å²) >= 11 is 0. The molecule has 76 heavy (non-hydrogen) atoms. The summed E-state index contributed by atoms with van der Waals surface area (Å²) in [6, 6.07) is 7.80. The van der Waals surface area contributed by atoms with E-state index in [1.165, 1.54) is 65.7 Å². The number of nitrogens with zero attached hydrogens (tertiary/aromatic N) is 5. The van der Waals surface area contributed by atoms with Crippen LogP contribution in [0.4, 0.5) is 0 Å². The van der Waals surface area contributed by atoms with E-state index in [4.69, 9.17) is 4.74 Å². The van der Waals surface area contributed by atoms with Gasteiger partial charge in [0.15, 0.2) is 12.1 Å². The Kier molecular flexibility index (Phi) is 22.2. The molecular formula is C57H86N8O11. The van der Waals surface area contributed by atoms with Crippen LogP contribution in [0.1, 0.15) is 112 Å². The van der Waals surface area contributed by atoms with E-state index < -0.39 is 125 Å². The molecule has 2 bridgehead atoms. The van der Waals surface area contributed by atoms with Crippen molar-refractivity contribution in [2.24, 2.45) is 23.7 Å². The van der Waals surface area contributed by atoms with E-state index in [9.17, 15) is 43.5 Å². The first-order chi connectivity index (χ1) is 35.5. The van der Waals surface area contributed by atoms with Gasteiger partial charge in [0.2, 0.25) is 41.4 Å². The Balaban J connectivity index is 1.87. The number of fused-ring (bicyclic) bond motifs is 2. The third kappa shape index (κ3) is 15.6. The van der Waals surface area contributed by atoms with Gasteiger partial charge in [-0.1, -0.05) is 108 Å². The lowest BCUT2D eigenvalue weighted by atomic mass is 9.94. The van der Waals surface area contributed by atoms with Gasteiger partial charge in [0.1, 0.15) is 36.3 Å². The number of rotatable bonds is 11. The molecule has 11 unspecified atom stereocenters. The number of aryl methyl sites for hydroxylation is 1. The number of amides is 8. The molecule has 0 aromatic heterocycles. The standard InChI is InChI=1S/C57H86N8O11/c1-16-35(6)45-54(72)61(12)37(8)48(66)58-42(28-33(3)4)52(70)64(15)47(57(10,11)75)56(74)76-46(36(7)17-2)55(73)62(13)38(9)49(67)59-43(30-39-23-19-18-20-24-39)51(69)63(14)44(31-40-25-21-22-34(5)29-40)53(71)65-27-26-41(32-65)50(68)60-45/h18-25,29,33,35-38,41-47,75H,16-17,26-28,30-32H2,1-15H3,(H,58,66)(H,59,67)(H,60,68). The predicted octanol–water partition coefficient (Wildman–Crippen LogP) is 3.27. The number of nitrogens with one attached hydrogen (secondary N) is 3. The number of hydrogen-bond donors (Lipinski definition) is 4. The number of cyclic esters (lactones) is 1. The molecule has 4 rings (SSSR count). The van der Waals surface area contributed by atoms with E-state index in [2.05, 4.69) is 16.0 Å². The summed E-state index contributed by atoms with van der Waals surface area (Å²) in [6.45, 7) is 18.5. The van der Waals surface area contributed by atoms with Crippen LogP contribution in [0.25, 0.3) is 0 Å².